The molecule has 1 rings (SSSR count). The van der Waals surface area contributed by atoms with Gasteiger partial charge < -0.3 is 10.4 Å². The van der Waals surface area contributed by atoms with Gasteiger partial charge in [0.25, 0.3) is 0 Å². The predicted molar refractivity (Wildman–Crippen MR) is 46.8 cm³/mol. The molecule has 0 aliphatic carbocycles. The minimum Gasteiger partial charge on any atom is -0.389 e. The highest BCUT2D eigenvalue weighted by Crippen LogP contribution is 2.05. The lowest BCUT2D eigenvalue weighted by Crippen LogP contribution is -2.29. The molecule has 0 aliphatic rings. The van der Waals surface area contributed by atoms with Gasteiger partial charge in [-0.25, -0.2) is 9.97 Å². The number of nitrogens with zero attached hydrogens (tertiary/aromatic N) is 2. The summed E-state index contributed by atoms with van der Waals surface area (Å²) in [5.74, 6) is -0.220. The van der Waals surface area contributed by atoms with Crippen molar-refractivity contribution in [3.63, 3.8) is 0 Å². The summed E-state index contributed by atoms with van der Waals surface area (Å²) in [5.41, 5.74) is -0.846. The van der Waals surface area contributed by atoms with Crippen LogP contribution in [0.5, 0.6) is 0 Å². The van der Waals surface area contributed by atoms with E-state index in [0.29, 0.717) is 12.4 Å². The average molecular weight is 185 g/mol. The number of aromatic nitrogens is 2. The number of rotatable bonds is 3. The molecule has 0 saturated heterocycles. The Hall–Kier alpha value is -1.23. The van der Waals surface area contributed by atoms with Crippen LogP contribution in [0.2, 0.25) is 0 Å². The highest BCUT2D eigenvalue weighted by molar-refractivity contribution is 5.32. The van der Waals surface area contributed by atoms with Crippen molar-refractivity contribution >= 4 is 5.82 Å². The maximum absolute atomic E-state index is 12.5. The summed E-state index contributed by atoms with van der Waals surface area (Å²) in [7, 11) is 0. The molecule has 0 saturated carbocycles. The second-order valence-corrected chi connectivity index (χ2v) is 3.39. The Morgan fingerprint density at radius 3 is 2.77 bits per heavy atom. The molecule has 0 bridgehead atoms. The van der Waals surface area contributed by atoms with Crippen LogP contribution in [0.4, 0.5) is 10.2 Å². The molecular formula is C8H12FN3O. The zero-order valence-electron chi connectivity index (χ0n) is 7.58. The van der Waals surface area contributed by atoms with Crippen LogP contribution in [0.15, 0.2) is 12.4 Å². The van der Waals surface area contributed by atoms with Crippen molar-refractivity contribution < 1.29 is 9.50 Å². The zero-order valence-corrected chi connectivity index (χ0v) is 7.58. The molecule has 0 fully saturated rings. The van der Waals surface area contributed by atoms with Gasteiger partial charge in [-0.15, -0.1) is 0 Å². The van der Waals surface area contributed by atoms with Crippen LogP contribution >= 0.6 is 0 Å². The summed E-state index contributed by atoms with van der Waals surface area (Å²) in [6, 6.07) is 1.17. The molecule has 13 heavy (non-hydrogen) atoms. The normalized spacial score (nSPS) is 11.4. The Labute approximate surface area is 75.8 Å². The molecule has 0 unspecified atom stereocenters. The van der Waals surface area contributed by atoms with Gasteiger partial charge in [-0.3, -0.25) is 0 Å². The summed E-state index contributed by atoms with van der Waals surface area (Å²) in [6.07, 6.45) is 1.13. The van der Waals surface area contributed by atoms with E-state index in [1.807, 2.05) is 0 Å². The van der Waals surface area contributed by atoms with Crippen molar-refractivity contribution in [1.82, 2.24) is 9.97 Å². The monoisotopic (exact) mass is 185 g/mol. The molecule has 0 radical (unpaired) electrons. The number of hydrogen-bond acceptors (Lipinski definition) is 4. The predicted octanol–water partition coefficient (Wildman–Crippen LogP) is 0.798. The zero-order chi connectivity index (χ0) is 9.90. The number of halogens is 1. The quantitative estimate of drug-likeness (QED) is 0.684. The lowest BCUT2D eigenvalue weighted by atomic mass is 10.1. The number of hydrogen-bond donors (Lipinski definition) is 2. The van der Waals surface area contributed by atoms with Gasteiger partial charge in [0.1, 0.15) is 12.1 Å². The fourth-order valence-electron chi connectivity index (χ4n) is 0.737. The Balaban J connectivity index is 2.55. The van der Waals surface area contributed by atoms with Crippen LogP contribution < -0.4 is 5.32 Å². The van der Waals surface area contributed by atoms with Gasteiger partial charge in [0.15, 0.2) is 0 Å². The van der Waals surface area contributed by atoms with E-state index in [0.717, 1.165) is 6.33 Å². The Morgan fingerprint density at radius 1 is 1.54 bits per heavy atom. The van der Waals surface area contributed by atoms with Crippen molar-refractivity contribution in [3.05, 3.63) is 18.3 Å². The highest BCUT2D eigenvalue weighted by Gasteiger charge is 2.11. The third-order valence-corrected chi connectivity index (χ3v) is 1.34. The number of nitrogens with one attached hydrogen (secondary N) is 1. The van der Waals surface area contributed by atoms with Crippen LogP contribution in [0.3, 0.4) is 0 Å². The first-order chi connectivity index (χ1) is 5.97. The minimum absolute atomic E-state index is 0.309. The first-order valence-electron chi connectivity index (χ1n) is 3.91. The van der Waals surface area contributed by atoms with Crippen LogP contribution in [-0.4, -0.2) is 27.2 Å². The lowest BCUT2D eigenvalue weighted by Gasteiger charge is -2.17. The molecule has 0 amide bonds. The fraction of sp³-hybridized carbons (Fsp3) is 0.500. The molecule has 0 aromatic carbocycles. The summed E-state index contributed by atoms with van der Waals surface area (Å²) >= 11 is 0. The van der Waals surface area contributed by atoms with Gasteiger partial charge in [-0.2, -0.15) is 4.39 Å². The second kappa shape index (κ2) is 3.66. The highest BCUT2D eigenvalue weighted by atomic mass is 19.1. The molecule has 4 nitrogen and oxygen atoms in total. The summed E-state index contributed by atoms with van der Waals surface area (Å²) in [6.45, 7) is 3.61. The van der Waals surface area contributed by atoms with E-state index in [9.17, 15) is 9.50 Å². The standard InChI is InChI=1S/C8H12FN3O/c1-8(2,13)4-10-7-3-6(9)11-5-12-7/h3,5,13H,4H2,1-2H3,(H,10,11,12). The molecule has 0 atom stereocenters. The average Bonchev–Trinajstić information content (AvgIpc) is 2.00. The fourth-order valence-corrected chi connectivity index (χ4v) is 0.737. The largest absolute Gasteiger partial charge is 0.389 e. The van der Waals surface area contributed by atoms with E-state index in [1.165, 1.54) is 6.07 Å². The van der Waals surface area contributed by atoms with Gasteiger partial charge in [-0.05, 0) is 13.8 Å². The van der Waals surface area contributed by atoms with E-state index < -0.39 is 11.5 Å². The molecule has 1 aromatic heterocycles. The van der Waals surface area contributed by atoms with E-state index in [1.54, 1.807) is 13.8 Å². The van der Waals surface area contributed by atoms with Crippen LogP contribution in [0.25, 0.3) is 0 Å². The maximum atomic E-state index is 12.5. The van der Waals surface area contributed by atoms with E-state index in [4.69, 9.17) is 0 Å². The summed E-state index contributed by atoms with van der Waals surface area (Å²) in [4.78, 5) is 7.07. The summed E-state index contributed by atoms with van der Waals surface area (Å²) in [5, 5.41) is 12.1. The third-order valence-electron chi connectivity index (χ3n) is 1.34. The topological polar surface area (TPSA) is 58.0 Å². The molecule has 0 aliphatic heterocycles. The van der Waals surface area contributed by atoms with E-state index in [2.05, 4.69) is 15.3 Å². The van der Waals surface area contributed by atoms with Crippen molar-refractivity contribution in [2.75, 3.05) is 11.9 Å². The van der Waals surface area contributed by atoms with Gasteiger partial charge in [0.05, 0.1) is 5.60 Å². The van der Waals surface area contributed by atoms with E-state index >= 15 is 0 Å². The molecule has 2 N–H and O–H groups in total. The SMILES string of the molecule is CC(C)(O)CNc1cc(F)ncn1. The minimum atomic E-state index is -0.846. The smallest absolute Gasteiger partial charge is 0.217 e. The van der Waals surface area contributed by atoms with Crippen LogP contribution in [0, 0.1) is 5.95 Å². The van der Waals surface area contributed by atoms with Gasteiger partial charge in [0, 0.05) is 12.6 Å². The molecular weight excluding hydrogens is 173 g/mol. The van der Waals surface area contributed by atoms with Crippen molar-refractivity contribution in [1.29, 1.82) is 0 Å². The van der Waals surface area contributed by atoms with Crippen molar-refractivity contribution in [3.8, 4) is 0 Å². The first kappa shape index (κ1) is 9.85. The van der Waals surface area contributed by atoms with Crippen LogP contribution in [-0.2, 0) is 0 Å². The molecule has 72 valence electrons. The van der Waals surface area contributed by atoms with Gasteiger partial charge >= 0.3 is 0 Å². The molecule has 5 heteroatoms. The van der Waals surface area contributed by atoms with Crippen molar-refractivity contribution in [2.24, 2.45) is 0 Å². The molecule has 1 heterocycles. The maximum Gasteiger partial charge on any atom is 0.217 e. The molecule has 1 aromatic rings. The van der Waals surface area contributed by atoms with Crippen LogP contribution in [0.1, 0.15) is 13.8 Å². The number of anilines is 1. The number of aliphatic hydroxyl groups is 1. The first-order valence-corrected chi connectivity index (χ1v) is 3.91. The van der Waals surface area contributed by atoms with Gasteiger partial charge in [0.2, 0.25) is 5.95 Å². The van der Waals surface area contributed by atoms with E-state index in [-0.39, 0.29) is 0 Å². The molecule has 0 spiro atoms. The Morgan fingerprint density at radius 2 is 2.23 bits per heavy atom. The summed E-state index contributed by atoms with van der Waals surface area (Å²) < 4.78 is 12.5. The Bertz CT molecular complexity index is 285. The Kier molecular flexibility index (Phi) is 2.77. The lowest BCUT2D eigenvalue weighted by molar-refractivity contribution is 0.0944. The van der Waals surface area contributed by atoms with Crippen molar-refractivity contribution in [2.45, 2.75) is 19.4 Å². The second-order valence-electron chi connectivity index (χ2n) is 3.39. The van der Waals surface area contributed by atoms with Gasteiger partial charge in [-0.1, -0.05) is 0 Å². The third kappa shape index (κ3) is 3.80.